The Morgan fingerprint density at radius 2 is 2.00 bits per heavy atom. The molecule has 1 atom stereocenters. The Kier molecular flexibility index (Phi) is 4.24. The second-order valence-corrected chi connectivity index (χ2v) is 3.34. The van der Waals surface area contributed by atoms with Crippen LogP contribution in [0, 0.1) is 17.2 Å². The lowest BCUT2D eigenvalue weighted by Crippen LogP contribution is -2.32. The fourth-order valence-corrected chi connectivity index (χ4v) is 0.826. The molecule has 5 heteroatoms. The quantitative estimate of drug-likeness (QED) is 0.617. The third-order valence-corrected chi connectivity index (χ3v) is 1.60. The second kappa shape index (κ2) is 4.42. The number of halogens is 2. The van der Waals surface area contributed by atoms with Gasteiger partial charge in [0.2, 0.25) is 5.91 Å². The maximum Gasteiger partial charge on any atom is 0.242 e. The SMILES string of the molecule is CN(C)C(=O)C(C#N)C(Cl)Cl. The van der Waals surface area contributed by atoms with E-state index in [1.165, 1.54) is 4.90 Å². The second-order valence-electron chi connectivity index (χ2n) is 2.17. The highest BCUT2D eigenvalue weighted by molar-refractivity contribution is 6.45. The van der Waals surface area contributed by atoms with Crippen molar-refractivity contribution in [3.8, 4) is 6.07 Å². The van der Waals surface area contributed by atoms with Crippen molar-refractivity contribution in [3.05, 3.63) is 0 Å². The molecule has 0 radical (unpaired) electrons. The normalized spacial score (nSPS) is 12.4. The van der Waals surface area contributed by atoms with Crippen molar-refractivity contribution in [3.63, 3.8) is 0 Å². The molecule has 0 saturated carbocycles. The van der Waals surface area contributed by atoms with E-state index in [0.29, 0.717) is 0 Å². The Hall–Kier alpha value is -0.460. The number of amides is 1. The van der Waals surface area contributed by atoms with Gasteiger partial charge in [-0.15, -0.1) is 23.2 Å². The number of alkyl halides is 2. The first-order valence-corrected chi connectivity index (χ1v) is 3.77. The smallest absolute Gasteiger partial charge is 0.242 e. The lowest BCUT2D eigenvalue weighted by Gasteiger charge is -2.14. The highest BCUT2D eigenvalue weighted by Gasteiger charge is 2.26. The monoisotopic (exact) mass is 194 g/mol. The van der Waals surface area contributed by atoms with E-state index in [0.717, 1.165) is 0 Å². The molecule has 0 aromatic heterocycles. The predicted octanol–water partition coefficient (Wildman–Crippen LogP) is 1.02. The van der Waals surface area contributed by atoms with Crippen molar-refractivity contribution in [1.29, 1.82) is 5.26 Å². The molecular formula is C6H8Cl2N2O. The molecular weight excluding hydrogens is 187 g/mol. The molecule has 0 aliphatic heterocycles. The first kappa shape index (κ1) is 10.5. The van der Waals surface area contributed by atoms with Crippen LogP contribution < -0.4 is 0 Å². The van der Waals surface area contributed by atoms with Crippen molar-refractivity contribution in [2.24, 2.45) is 5.92 Å². The van der Waals surface area contributed by atoms with Gasteiger partial charge in [-0.05, 0) is 0 Å². The van der Waals surface area contributed by atoms with E-state index in [4.69, 9.17) is 28.5 Å². The van der Waals surface area contributed by atoms with Gasteiger partial charge in [0.1, 0.15) is 4.84 Å². The molecule has 62 valence electrons. The van der Waals surface area contributed by atoms with E-state index in [2.05, 4.69) is 0 Å². The molecule has 0 fully saturated rings. The number of nitriles is 1. The molecule has 3 nitrogen and oxygen atoms in total. The average molecular weight is 195 g/mol. The van der Waals surface area contributed by atoms with E-state index in [-0.39, 0.29) is 5.91 Å². The molecule has 0 rings (SSSR count). The molecule has 0 bridgehead atoms. The van der Waals surface area contributed by atoms with Crippen LogP contribution in [0.15, 0.2) is 0 Å². The molecule has 0 spiro atoms. The molecule has 0 N–H and O–H groups in total. The molecule has 0 saturated heterocycles. The maximum absolute atomic E-state index is 11.1. The molecule has 1 unspecified atom stereocenters. The minimum Gasteiger partial charge on any atom is -0.348 e. The van der Waals surface area contributed by atoms with Crippen LogP contribution in [-0.2, 0) is 4.79 Å². The third kappa shape index (κ3) is 2.96. The van der Waals surface area contributed by atoms with E-state index in [1.807, 2.05) is 0 Å². The van der Waals surface area contributed by atoms with E-state index < -0.39 is 10.8 Å². The van der Waals surface area contributed by atoms with Gasteiger partial charge in [-0.2, -0.15) is 5.26 Å². The summed E-state index contributed by atoms with van der Waals surface area (Å²) in [5, 5.41) is 8.45. The van der Waals surface area contributed by atoms with Crippen LogP contribution in [0.5, 0.6) is 0 Å². The fourth-order valence-electron chi connectivity index (χ4n) is 0.498. The number of rotatable bonds is 2. The zero-order valence-electron chi connectivity index (χ0n) is 6.21. The van der Waals surface area contributed by atoms with E-state index in [9.17, 15) is 4.79 Å². The average Bonchev–Trinajstić information content (AvgIpc) is 1.88. The Morgan fingerprint density at radius 1 is 1.55 bits per heavy atom. The zero-order valence-corrected chi connectivity index (χ0v) is 7.73. The summed E-state index contributed by atoms with van der Waals surface area (Å²) in [4.78, 5) is 11.4. The minimum atomic E-state index is -0.965. The summed E-state index contributed by atoms with van der Waals surface area (Å²) >= 11 is 10.8. The van der Waals surface area contributed by atoms with Crippen LogP contribution in [0.3, 0.4) is 0 Å². The highest BCUT2D eigenvalue weighted by Crippen LogP contribution is 2.15. The van der Waals surface area contributed by atoms with Crippen molar-refractivity contribution in [2.45, 2.75) is 4.84 Å². The summed E-state index contributed by atoms with van der Waals surface area (Å²) in [5.74, 6) is -1.34. The van der Waals surface area contributed by atoms with Gasteiger partial charge in [0, 0.05) is 14.1 Å². The van der Waals surface area contributed by atoms with Crippen LogP contribution in [0.25, 0.3) is 0 Å². The zero-order chi connectivity index (χ0) is 9.02. The van der Waals surface area contributed by atoms with Crippen LogP contribution in [0.2, 0.25) is 0 Å². The van der Waals surface area contributed by atoms with Gasteiger partial charge in [0.05, 0.1) is 6.07 Å². The molecule has 0 aromatic rings. The van der Waals surface area contributed by atoms with Crippen molar-refractivity contribution < 1.29 is 4.79 Å². The summed E-state index contributed by atoms with van der Waals surface area (Å²) in [5.41, 5.74) is 0. The van der Waals surface area contributed by atoms with Crippen molar-refractivity contribution >= 4 is 29.1 Å². The summed E-state index contributed by atoms with van der Waals surface area (Å²) in [6, 6.07) is 1.73. The highest BCUT2D eigenvalue weighted by atomic mass is 35.5. The molecule has 0 aromatic carbocycles. The van der Waals surface area contributed by atoms with Crippen molar-refractivity contribution in [2.75, 3.05) is 14.1 Å². The lowest BCUT2D eigenvalue weighted by molar-refractivity contribution is -0.130. The number of hydrogen-bond acceptors (Lipinski definition) is 2. The van der Waals surface area contributed by atoms with Gasteiger partial charge >= 0.3 is 0 Å². The number of nitrogens with zero attached hydrogens (tertiary/aromatic N) is 2. The Bertz CT molecular complexity index is 186. The summed E-state index contributed by atoms with van der Waals surface area (Å²) in [7, 11) is 3.09. The fraction of sp³-hybridized carbons (Fsp3) is 0.667. The number of carbonyl (C=O) groups excluding carboxylic acids is 1. The Labute approximate surface area is 75.5 Å². The standard InChI is InChI=1S/C6H8Cl2N2O/c1-10(2)6(11)4(3-9)5(7)8/h4-5H,1-2H3. The van der Waals surface area contributed by atoms with Crippen LogP contribution in [0.1, 0.15) is 0 Å². The van der Waals surface area contributed by atoms with Crippen molar-refractivity contribution in [1.82, 2.24) is 4.90 Å². The molecule has 0 heterocycles. The topological polar surface area (TPSA) is 44.1 Å². The molecule has 1 amide bonds. The number of hydrogen-bond donors (Lipinski definition) is 0. The van der Waals surface area contributed by atoms with Gasteiger partial charge in [0.15, 0.2) is 5.92 Å². The summed E-state index contributed by atoms with van der Waals surface area (Å²) in [6.07, 6.45) is 0. The van der Waals surface area contributed by atoms with Gasteiger partial charge in [-0.1, -0.05) is 0 Å². The Balaban J connectivity index is 4.30. The van der Waals surface area contributed by atoms with Gasteiger partial charge in [-0.25, -0.2) is 0 Å². The molecule has 0 aliphatic rings. The van der Waals surface area contributed by atoms with E-state index in [1.54, 1.807) is 20.2 Å². The van der Waals surface area contributed by atoms with Gasteiger partial charge < -0.3 is 4.90 Å². The van der Waals surface area contributed by atoms with Gasteiger partial charge in [-0.3, -0.25) is 4.79 Å². The van der Waals surface area contributed by atoms with Crippen LogP contribution >= 0.6 is 23.2 Å². The van der Waals surface area contributed by atoms with E-state index >= 15 is 0 Å². The predicted molar refractivity (Wildman–Crippen MR) is 43.3 cm³/mol. The van der Waals surface area contributed by atoms with Gasteiger partial charge in [0.25, 0.3) is 0 Å². The minimum absolute atomic E-state index is 0.373. The first-order valence-electron chi connectivity index (χ1n) is 2.89. The van der Waals surface area contributed by atoms with Crippen LogP contribution in [0.4, 0.5) is 0 Å². The Morgan fingerprint density at radius 3 is 2.09 bits per heavy atom. The maximum atomic E-state index is 11.1. The number of carbonyl (C=O) groups is 1. The molecule has 11 heavy (non-hydrogen) atoms. The molecule has 0 aliphatic carbocycles. The third-order valence-electron chi connectivity index (χ3n) is 1.10. The summed E-state index contributed by atoms with van der Waals surface area (Å²) in [6.45, 7) is 0. The largest absolute Gasteiger partial charge is 0.348 e. The summed E-state index contributed by atoms with van der Waals surface area (Å²) < 4.78 is 0. The first-order chi connectivity index (χ1) is 5.00. The van der Waals surface area contributed by atoms with Crippen LogP contribution in [-0.4, -0.2) is 29.7 Å². The lowest BCUT2D eigenvalue weighted by atomic mass is 10.2.